The molecule has 0 radical (unpaired) electrons. The number of halogens is 6. The molecular weight excluding hydrogens is 280 g/mol. The lowest BCUT2D eigenvalue weighted by Crippen LogP contribution is -2.20. The topological polar surface area (TPSA) is 34.4 Å². The first-order chi connectivity index (χ1) is 8.59. The molecule has 0 aliphatic rings. The summed E-state index contributed by atoms with van der Waals surface area (Å²) >= 11 is 0. The molecule has 19 heavy (non-hydrogen) atoms. The van der Waals surface area contributed by atoms with Gasteiger partial charge >= 0.3 is 12.4 Å². The molecule has 1 atom stereocenters. The van der Waals surface area contributed by atoms with Gasteiger partial charge in [0.05, 0.1) is 6.61 Å². The molecule has 1 N–H and O–H groups in total. The molecule has 0 saturated heterocycles. The van der Waals surface area contributed by atoms with Crippen LogP contribution < -0.4 is 0 Å². The Morgan fingerprint density at radius 1 is 1.21 bits per heavy atom. The number of aliphatic hydroxyl groups is 1. The smallest absolute Gasteiger partial charge is 0.379 e. The molecule has 1 rings (SSSR count). The second-order valence-corrected chi connectivity index (χ2v) is 3.79. The normalized spacial score (nSPS) is 14.7. The van der Waals surface area contributed by atoms with Gasteiger partial charge in [-0.3, -0.25) is 0 Å². The van der Waals surface area contributed by atoms with Crippen molar-refractivity contribution in [3.63, 3.8) is 0 Å². The zero-order valence-electron chi connectivity index (χ0n) is 9.50. The van der Waals surface area contributed by atoms with Crippen molar-refractivity contribution in [2.45, 2.75) is 25.0 Å². The van der Waals surface area contributed by atoms with Crippen LogP contribution in [-0.4, -0.2) is 35.2 Å². The summed E-state index contributed by atoms with van der Waals surface area (Å²) in [4.78, 5) is 0. The summed E-state index contributed by atoms with van der Waals surface area (Å²) < 4.78 is 77.2. The molecule has 0 fully saturated rings. The van der Waals surface area contributed by atoms with E-state index in [0.29, 0.717) is 0 Å². The highest BCUT2D eigenvalue weighted by Gasteiger charge is 2.39. The highest BCUT2D eigenvalue weighted by atomic mass is 19.4. The van der Waals surface area contributed by atoms with Gasteiger partial charge in [0.1, 0.15) is 6.61 Å². The molecule has 0 aliphatic heterocycles. The molecule has 9 heteroatoms. The second-order valence-electron chi connectivity index (χ2n) is 3.79. The van der Waals surface area contributed by atoms with E-state index >= 15 is 0 Å². The molecule has 0 aromatic carbocycles. The van der Waals surface area contributed by atoms with Crippen molar-refractivity contribution in [2.24, 2.45) is 0 Å². The SMILES string of the molecule is OC(c1ccn(CCOCC(F)(F)F)c1)C(F)(F)F. The maximum atomic E-state index is 12.2. The Morgan fingerprint density at radius 2 is 1.84 bits per heavy atom. The molecule has 0 saturated carbocycles. The van der Waals surface area contributed by atoms with Crippen LogP contribution in [0.4, 0.5) is 26.3 Å². The van der Waals surface area contributed by atoms with E-state index in [2.05, 4.69) is 4.74 Å². The molecule has 1 aromatic heterocycles. The highest BCUT2D eigenvalue weighted by molar-refractivity contribution is 5.15. The van der Waals surface area contributed by atoms with Crippen molar-refractivity contribution in [3.8, 4) is 0 Å². The molecule has 0 spiro atoms. The molecule has 3 nitrogen and oxygen atoms in total. The van der Waals surface area contributed by atoms with Crippen LogP contribution in [-0.2, 0) is 11.3 Å². The molecule has 1 heterocycles. The number of nitrogens with zero attached hydrogens (tertiary/aromatic N) is 1. The van der Waals surface area contributed by atoms with Gasteiger partial charge in [0, 0.05) is 24.5 Å². The predicted octanol–water partition coefficient (Wildman–Crippen LogP) is 2.66. The standard InChI is InChI=1S/C10H11F6NO2/c11-9(12,13)6-19-4-3-17-2-1-7(5-17)8(18)10(14,15)16/h1-2,5,8,18H,3-4,6H2. The summed E-state index contributed by atoms with van der Waals surface area (Å²) in [6.45, 7) is -1.75. The number of rotatable bonds is 5. The van der Waals surface area contributed by atoms with Crippen LogP contribution in [0.5, 0.6) is 0 Å². The first kappa shape index (κ1) is 15.8. The minimum atomic E-state index is -4.78. The fourth-order valence-corrected chi connectivity index (χ4v) is 1.31. The van der Waals surface area contributed by atoms with Crippen molar-refractivity contribution in [1.29, 1.82) is 0 Å². The van der Waals surface area contributed by atoms with Crippen molar-refractivity contribution in [2.75, 3.05) is 13.2 Å². The fourth-order valence-electron chi connectivity index (χ4n) is 1.31. The van der Waals surface area contributed by atoms with Gasteiger partial charge in [-0.05, 0) is 6.07 Å². The van der Waals surface area contributed by atoms with Gasteiger partial charge in [0.2, 0.25) is 0 Å². The maximum absolute atomic E-state index is 12.2. The van der Waals surface area contributed by atoms with Gasteiger partial charge in [-0.25, -0.2) is 0 Å². The maximum Gasteiger partial charge on any atom is 0.418 e. The van der Waals surface area contributed by atoms with E-state index in [1.165, 1.54) is 10.8 Å². The van der Waals surface area contributed by atoms with E-state index in [1.807, 2.05) is 0 Å². The van der Waals surface area contributed by atoms with Gasteiger partial charge in [-0.1, -0.05) is 0 Å². The molecule has 1 aromatic rings. The predicted molar refractivity (Wildman–Crippen MR) is 52.3 cm³/mol. The lowest BCUT2D eigenvalue weighted by molar-refractivity contribution is -0.206. The summed E-state index contributed by atoms with van der Waals surface area (Å²) in [5.74, 6) is 0. The Kier molecular flexibility index (Phi) is 4.86. The second kappa shape index (κ2) is 5.83. The van der Waals surface area contributed by atoms with Crippen molar-refractivity contribution in [1.82, 2.24) is 4.57 Å². The number of aromatic nitrogens is 1. The molecule has 0 amide bonds. The monoisotopic (exact) mass is 291 g/mol. The van der Waals surface area contributed by atoms with Gasteiger partial charge in [0.25, 0.3) is 0 Å². The summed E-state index contributed by atoms with van der Waals surface area (Å²) in [6.07, 6.45) is -9.59. The van der Waals surface area contributed by atoms with Crippen molar-refractivity contribution >= 4 is 0 Å². The third-order valence-electron chi connectivity index (χ3n) is 2.16. The highest BCUT2D eigenvalue weighted by Crippen LogP contribution is 2.32. The number of hydrogen-bond acceptors (Lipinski definition) is 2. The van der Waals surface area contributed by atoms with E-state index in [4.69, 9.17) is 5.11 Å². The van der Waals surface area contributed by atoms with Crippen LogP contribution in [0.15, 0.2) is 18.5 Å². The van der Waals surface area contributed by atoms with Gasteiger partial charge in [0.15, 0.2) is 6.10 Å². The minimum absolute atomic E-state index is 0.0410. The Hall–Kier alpha value is -1.22. The third-order valence-corrected chi connectivity index (χ3v) is 2.16. The summed E-state index contributed by atoms with van der Waals surface area (Å²) in [5.41, 5.74) is -0.372. The van der Waals surface area contributed by atoms with Gasteiger partial charge in [-0.15, -0.1) is 0 Å². The average Bonchev–Trinajstić information content (AvgIpc) is 2.69. The first-order valence-electron chi connectivity index (χ1n) is 5.14. The van der Waals surface area contributed by atoms with Crippen LogP contribution in [0.25, 0.3) is 0 Å². The Balaban J connectivity index is 2.43. The van der Waals surface area contributed by atoms with Crippen LogP contribution in [0, 0.1) is 0 Å². The largest absolute Gasteiger partial charge is 0.418 e. The van der Waals surface area contributed by atoms with Gasteiger partial charge in [-0.2, -0.15) is 26.3 Å². The molecular formula is C10H11F6NO2. The zero-order valence-corrected chi connectivity index (χ0v) is 9.50. The van der Waals surface area contributed by atoms with E-state index in [0.717, 1.165) is 12.3 Å². The number of alkyl halides is 6. The summed E-state index contributed by atoms with van der Waals surface area (Å²) in [7, 11) is 0. The Morgan fingerprint density at radius 3 is 2.37 bits per heavy atom. The van der Waals surface area contributed by atoms with Crippen LogP contribution in [0.2, 0.25) is 0 Å². The average molecular weight is 291 g/mol. The number of hydrogen-bond donors (Lipinski definition) is 1. The fraction of sp³-hybridized carbons (Fsp3) is 0.600. The number of aliphatic hydroxyl groups excluding tert-OH is 1. The van der Waals surface area contributed by atoms with Crippen LogP contribution in [0.1, 0.15) is 11.7 Å². The van der Waals surface area contributed by atoms with Crippen molar-refractivity contribution in [3.05, 3.63) is 24.0 Å². The molecule has 1 unspecified atom stereocenters. The molecule has 0 aliphatic carbocycles. The Labute approximate surface area is 104 Å². The lowest BCUT2D eigenvalue weighted by atomic mass is 10.2. The van der Waals surface area contributed by atoms with E-state index in [1.54, 1.807) is 0 Å². The van der Waals surface area contributed by atoms with E-state index in [9.17, 15) is 26.3 Å². The lowest BCUT2D eigenvalue weighted by Gasteiger charge is -2.12. The van der Waals surface area contributed by atoms with E-state index < -0.39 is 25.1 Å². The third kappa shape index (κ3) is 5.52. The van der Waals surface area contributed by atoms with E-state index in [-0.39, 0.29) is 18.7 Å². The minimum Gasteiger partial charge on any atom is -0.379 e. The van der Waals surface area contributed by atoms with Gasteiger partial charge < -0.3 is 14.4 Å². The van der Waals surface area contributed by atoms with Crippen LogP contribution >= 0.6 is 0 Å². The molecule has 0 bridgehead atoms. The summed E-state index contributed by atoms with van der Waals surface area (Å²) in [6, 6.07) is 1.04. The molecule has 110 valence electrons. The zero-order chi connectivity index (χ0) is 14.7. The first-order valence-corrected chi connectivity index (χ1v) is 5.14. The Bertz CT molecular complexity index is 397. The number of ether oxygens (including phenoxy) is 1. The van der Waals surface area contributed by atoms with Crippen LogP contribution in [0.3, 0.4) is 0 Å². The quantitative estimate of drug-likeness (QED) is 0.668. The summed E-state index contributed by atoms with van der Waals surface area (Å²) in [5, 5.41) is 8.93. The van der Waals surface area contributed by atoms with Crippen molar-refractivity contribution < 1.29 is 36.2 Å².